The Morgan fingerprint density at radius 1 is 0.914 bits per heavy atom. The number of ether oxygens (including phenoxy) is 2. The zero-order valence-electron chi connectivity index (χ0n) is 19.1. The number of hydrogen-bond acceptors (Lipinski definition) is 5. The molecule has 0 radical (unpaired) electrons. The minimum Gasteiger partial charge on any atom is -0.495 e. The first-order valence-corrected chi connectivity index (χ1v) is 12.8. The summed E-state index contributed by atoms with van der Waals surface area (Å²) in [5.41, 5.74) is 1.54. The monoisotopic (exact) mass is 556 g/mol. The van der Waals surface area contributed by atoms with Crippen LogP contribution in [0.15, 0.2) is 59.5 Å². The summed E-state index contributed by atoms with van der Waals surface area (Å²) in [6, 6.07) is 14.2. The molecule has 0 bridgehead atoms. The molecule has 186 valence electrons. The van der Waals surface area contributed by atoms with Crippen LogP contribution in [0.3, 0.4) is 0 Å². The predicted octanol–water partition coefficient (Wildman–Crippen LogP) is 5.80. The number of anilines is 1. The standard InChI is InChI=1S/C24H23Cl3N2O5S/c1-15-7-9-16(10-8-15)35(31,32)29(13-17-18(25)5-4-6-19(17)26)14-24(30)28-21-12-22(33-2)20(27)11-23(21)34-3/h4-12H,13-14H2,1-3H3,(H,28,30). The second-order valence-corrected chi connectivity index (χ2v) is 10.7. The van der Waals surface area contributed by atoms with Crippen molar-refractivity contribution in [2.24, 2.45) is 0 Å². The summed E-state index contributed by atoms with van der Waals surface area (Å²) in [5.74, 6) is -0.0208. The van der Waals surface area contributed by atoms with Crippen LogP contribution in [0.1, 0.15) is 11.1 Å². The molecule has 0 atom stereocenters. The fraction of sp³-hybridized carbons (Fsp3) is 0.208. The molecule has 1 N–H and O–H groups in total. The number of rotatable bonds is 9. The van der Waals surface area contributed by atoms with Crippen LogP contribution in [0.5, 0.6) is 11.5 Å². The van der Waals surface area contributed by atoms with Crippen molar-refractivity contribution in [3.63, 3.8) is 0 Å². The van der Waals surface area contributed by atoms with Gasteiger partial charge in [-0.05, 0) is 31.2 Å². The molecule has 0 saturated heterocycles. The Kier molecular flexibility index (Phi) is 8.90. The lowest BCUT2D eigenvalue weighted by molar-refractivity contribution is -0.116. The lowest BCUT2D eigenvalue weighted by Crippen LogP contribution is -2.37. The molecule has 35 heavy (non-hydrogen) atoms. The number of amides is 1. The van der Waals surface area contributed by atoms with Gasteiger partial charge in [0, 0.05) is 34.3 Å². The van der Waals surface area contributed by atoms with E-state index in [2.05, 4.69) is 5.32 Å². The van der Waals surface area contributed by atoms with Crippen LogP contribution in [0, 0.1) is 6.92 Å². The van der Waals surface area contributed by atoms with Crippen LogP contribution in [-0.4, -0.2) is 39.4 Å². The zero-order valence-corrected chi connectivity index (χ0v) is 22.2. The van der Waals surface area contributed by atoms with E-state index in [1.54, 1.807) is 30.3 Å². The van der Waals surface area contributed by atoms with Crippen molar-refractivity contribution in [2.45, 2.75) is 18.4 Å². The second-order valence-electron chi connectivity index (χ2n) is 7.52. The maximum Gasteiger partial charge on any atom is 0.243 e. The number of hydrogen-bond donors (Lipinski definition) is 1. The average Bonchev–Trinajstić information content (AvgIpc) is 2.81. The number of nitrogens with one attached hydrogen (secondary N) is 1. The summed E-state index contributed by atoms with van der Waals surface area (Å²) in [6.07, 6.45) is 0. The van der Waals surface area contributed by atoms with Crippen molar-refractivity contribution in [1.82, 2.24) is 4.31 Å². The molecule has 0 aromatic heterocycles. The molecule has 0 heterocycles. The smallest absolute Gasteiger partial charge is 0.243 e. The maximum atomic E-state index is 13.5. The van der Waals surface area contributed by atoms with Gasteiger partial charge in [0.2, 0.25) is 15.9 Å². The van der Waals surface area contributed by atoms with Gasteiger partial charge in [-0.25, -0.2) is 8.42 Å². The third-order valence-corrected chi connectivity index (χ3v) is 7.93. The highest BCUT2D eigenvalue weighted by Gasteiger charge is 2.29. The molecule has 0 aliphatic carbocycles. The Morgan fingerprint density at radius 2 is 1.51 bits per heavy atom. The third-order valence-electron chi connectivity index (χ3n) is 5.12. The number of nitrogens with zero attached hydrogens (tertiary/aromatic N) is 1. The Balaban J connectivity index is 1.97. The van der Waals surface area contributed by atoms with Gasteiger partial charge in [-0.15, -0.1) is 0 Å². The number of carbonyl (C=O) groups excluding carboxylic acids is 1. The first-order valence-electron chi connectivity index (χ1n) is 10.3. The van der Waals surface area contributed by atoms with Gasteiger partial charge < -0.3 is 14.8 Å². The Morgan fingerprint density at radius 3 is 2.09 bits per heavy atom. The van der Waals surface area contributed by atoms with Crippen LogP contribution >= 0.6 is 34.8 Å². The number of benzene rings is 3. The van der Waals surface area contributed by atoms with E-state index in [-0.39, 0.29) is 32.9 Å². The molecule has 0 aliphatic rings. The van der Waals surface area contributed by atoms with Gasteiger partial charge in [0.1, 0.15) is 11.5 Å². The van der Waals surface area contributed by atoms with E-state index in [9.17, 15) is 13.2 Å². The van der Waals surface area contributed by atoms with E-state index < -0.39 is 22.5 Å². The van der Waals surface area contributed by atoms with Gasteiger partial charge in [0.25, 0.3) is 0 Å². The summed E-state index contributed by atoms with van der Waals surface area (Å²) in [4.78, 5) is 13.1. The van der Waals surface area contributed by atoms with Gasteiger partial charge >= 0.3 is 0 Å². The normalized spacial score (nSPS) is 11.4. The van der Waals surface area contributed by atoms with Crippen molar-refractivity contribution in [2.75, 3.05) is 26.1 Å². The van der Waals surface area contributed by atoms with Crippen molar-refractivity contribution in [3.05, 3.63) is 80.8 Å². The van der Waals surface area contributed by atoms with Crippen molar-refractivity contribution in [3.8, 4) is 11.5 Å². The molecule has 3 aromatic carbocycles. The van der Waals surface area contributed by atoms with Crippen molar-refractivity contribution in [1.29, 1.82) is 0 Å². The van der Waals surface area contributed by atoms with Gasteiger partial charge in [0.05, 0.1) is 36.4 Å². The Labute approximate surface area is 219 Å². The van der Waals surface area contributed by atoms with Crippen molar-refractivity contribution < 1.29 is 22.7 Å². The molecule has 1 amide bonds. The van der Waals surface area contributed by atoms with E-state index in [1.807, 2.05) is 6.92 Å². The minimum atomic E-state index is -4.09. The minimum absolute atomic E-state index is 0.0322. The average molecular weight is 558 g/mol. The second kappa shape index (κ2) is 11.5. The van der Waals surface area contributed by atoms with Gasteiger partial charge in [0.15, 0.2) is 0 Å². The van der Waals surface area contributed by atoms with E-state index in [0.717, 1.165) is 9.87 Å². The van der Waals surface area contributed by atoms with Gasteiger partial charge in [-0.3, -0.25) is 4.79 Å². The number of carbonyl (C=O) groups is 1. The van der Waals surface area contributed by atoms with Crippen LogP contribution in [0.25, 0.3) is 0 Å². The quantitative estimate of drug-likeness (QED) is 0.359. The molecular weight excluding hydrogens is 535 g/mol. The fourth-order valence-corrected chi connectivity index (χ4v) is 5.37. The van der Waals surface area contributed by atoms with Gasteiger partial charge in [-0.2, -0.15) is 4.31 Å². The molecule has 11 heteroatoms. The van der Waals surface area contributed by atoms with Crippen LogP contribution < -0.4 is 14.8 Å². The lowest BCUT2D eigenvalue weighted by atomic mass is 10.2. The Hall–Kier alpha value is -2.49. The predicted molar refractivity (Wildman–Crippen MR) is 138 cm³/mol. The van der Waals surface area contributed by atoms with Crippen LogP contribution in [0.4, 0.5) is 5.69 Å². The molecular formula is C24H23Cl3N2O5S. The summed E-state index contributed by atoms with van der Waals surface area (Å²) >= 11 is 18.7. The number of aryl methyl sites for hydroxylation is 1. The maximum absolute atomic E-state index is 13.5. The van der Waals surface area contributed by atoms with Crippen LogP contribution in [0.2, 0.25) is 15.1 Å². The lowest BCUT2D eigenvalue weighted by Gasteiger charge is -2.23. The topological polar surface area (TPSA) is 84.9 Å². The molecule has 7 nitrogen and oxygen atoms in total. The van der Waals surface area contributed by atoms with E-state index in [0.29, 0.717) is 16.3 Å². The van der Waals surface area contributed by atoms with Gasteiger partial charge in [-0.1, -0.05) is 58.6 Å². The Bertz CT molecular complexity index is 1310. The molecule has 0 aliphatic heterocycles. The highest BCUT2D eigenvalue weighted by Crippen LogP contribution is 2.36. The van der Waals surface area contributed by atoms with E-state index in [4.69, 9.17) is 44.3 Å². The summed E-state index contributed by atoms with van der Waals surface area (Å²) in [5, 5.41) is 3.52. The first kappa shape index (κ1) is 27.1. The number of sulfonamides is 1. The zero-order chi connectivity index (χ0) is 25.8. The largest absolute Gasteiger partial charge is 0.495 e. The third kappa shape index (κ3) is 6.39. The van der Waals surface area contributed by atoms with Crippen molar-refractivity contribution >= 4 is 56.4 Å². The SMILES string of the molecule is COc1cc(NC(=O)CN(Cc2c(Cl)cccc2Cl)S(=O)(=O)c2ccc(C)cc2)c(OC)cc1Cl. The highest BCUT2D eigenvalue weighted by molar-refractivity contribution is 7.89. The summed E-state index contributed by atoms with van der Waals surface area (Å²) < 4.78 is 38.5. The molecule has 0 unspecified atom stereocenters. The number of methoxy groups -OCH3 is 2. The van der Waals surface area contributed by atoms with E-state index >= 15 is 0 Å². The summed E-state index contributed by atoms with van der Waals surface area (Å²) in [7, 11) is -1.24. The van der Waals surface area contributed by atoms with E-state index in [1.165, 1.54) is 38.5 Å². The number of halogens is 3. The molecule has 3 rings (SSSR count). The van der Waals surface area contributed by atoms with Crippen LogP contribution in [-0.2, 0) is 21.4 Å². The molecule has 0 fully saturated rings. The molecule has 0 spiro atoms. The summed E-state index contributed by atoms with van der Waals surface area (Å²) in [6.45, 7) is 1.11. The highest BCUT2D eigenvalue weighted by atomic mass is 35.5. The molecule has 3 aromatic rings. The fourth-order valence-electron chi connectivity index (χ4n) is 3.25. The molecule has 0 saturated carbocycles. The first-order chi connectivity index (χ1) is 16.6.